The van der Waals surface area contributed by atoms with Crippen LogP contribution in [0.2, 0.25) is 0 Å². The van der Waals surface area contributed by atoms with Crippen molar-refractivity contribution in [3.05, 3.63) is 0 Å². The second-order valence-electron chi connectivity index (χ2n) is 1.30. The number of aliphatic imine (C=N–C) groups is 2. The smallest absolute Gasteiger partial charge is 0.211 e. The first-order chi connectivity index (χ1) is 4.41. The van der Waals surface area contributed by atoms with Crippen molar-refractivity contribution in [2.75, 3.05) is 13.1 Å². The normalized spacial score (nSPS) is 6.40. The first kappa shape index (κ1) is 11.7. The summed E-state index contributed by atoms with van der Waals surface area (Å²) >= 11 is 0. The van der Waals surface area contributed by atoms with Crippen molar-refractivity contribution in [2.24, 2.45) is 9.98 Å². The molecule has 5 heteroatoms. The third-order valence-corrected chi connectivity index (χ3v) is 0.669. The lowest BCUT2D eigenvalue weighted by Crippen LogP contribution is -1.83. The van der Waals surface area contributed by atoms with Crippen LogP contribution in [0.5, 0.6) is 0 Å². The first-order valence-corrected chi connectivity index (χ1v) is 2.49. The van der Waals surface area contributed by atoms with Gasteiger partial charge >= 0.3 is 0 Å². The Hall–Kier alpha value is -1.02. The summed E-state index contributed by atoms with van der Waals surface area (Å²) in [4.78, 5) is 25.4. The number of rotatable bonds is 4. The predicted molar refractivity (Wildman–Crippen MR) is 41.9 cm³/mol. The predicted octanol–water partition coefficient (Wildman–Crippen LogP) is -1.40. The molecule has 0 unspecified atom stereocenters. The van der Waals surface area contributed by atoms with Crippen LogP contribution < -0.4 is 0 Å². The molecule has 0 aromatic rings. The standard InChI is InChI=1S/C5H6N2O2.H4Si/c8-4-6-2-1-3-7-5-9;/h1-3H2;1H4. The molecule has 0 rings (SSSR count). The van der Waals surface area contributed by atoms with Gasteiger partial charge in [0.05, 0.1) is 13.1 Å². The van der Waals surface area contributed by atoms with Gasteiger partial charge in [-0.2, -0.15) is 0 Å². The summed E-state index contributed by atoms with van der Waals surface area (Å²) in [6.45, 7) is 0.767. The Kier molecular flexibility index (Phi) is 12.8. The van der Waals surface area contributed by atoms with Crippen molar-refractivity contribution < 1.29 is 9.59 Å². The number of hydrogen-bond donors (Lipinski definition) is 0. The van der Waals surface area contributed by atoms with E-state index in [0.717, 1.165) is 0 Å². The third kappa shape index (κ3) is 10.1. The topological polar surface area (TPSA) is 58.9 Å². The van der Waals surface area contributed by atoms with E-state index in [9.17, 15) is 9.59 Å². The summed E-state index contributed by atoms with van der Waals surface area (Å²) < 4.78 is 0. The van der Waals surface area contributed by atoms with E-state index in [-0.39, 0.29) is 11.0 Å². The summed E-state index contributed by atoms with van der Waals surface area (Å²) in [7, 11) is 0. The van der Waals surface area contributed by atoms with Gasteiger partial charge in [-0.25, -0.2) is 19.6 Å². The maximum Gasteiger partial charge on any atom is 0.234 e. The molecule has 0 bridgehead atoms. The van der Waals surface area contributed by atoms with Crippen LogP contribution in [0.15, 0.2) is 9.98 Å². The lowest BCUT2D eigenvalue weighted by Gasteiger charge is -1.81. The fraction of sp³-hybridized carbons (Fsp3) is 0.600. The van der Waals surface area contributed by atoms with Gasteiger partial charge in [0.25, 0.3) is 0 Å². The van der Waals surface area contributed by atoms with Crippen molar-refractivity contribution in [2.45, 2.75) is 6.42 Å². The van der Waals surface area contributed by atoms with Crippen molar-refractivity contribution >= 4 is 23.1 Å². The highest BCUT2D eigenvalue weighted by molar-refractivity contribution is 5.75. The van der Waals surface area contributed by atoms with E-state index in [1.54, 1.807) is 0 Å². The van der Waals surface area contributed by atoms with Crippen LogP contribution in [0.25, 0.3) is 0 Å². The fourth-order valence-electron chi connectivity index (χ4n) is 0.320. The molecule has 0 amide bonds. The van der Waals surface area contributed by atoms with Gasteiger partial charge in [-0.1, -0.05) is 0 Å². The summed E-state index contributed by atoms with van der Waals surface area (Å²) in [5.74, 6) is 0. The number of carbonyl (C=O) groups excluding carboxylic acids is 2. The van der Waals surface area contributed by atoms with Crippen LogP contribution in [0.1, 0.15) is 6.42 Å². The minimum atomic E-state index is 0. The maximum atomic E-state index is 9.44. The van der Waals surface area contributed by atoms with Crippen LogP contribution in [-0.4, -0.2) is 36.2 Å². The molecule has 0 aromatic carbocycles. The van der Waals surface area contributed by atoms with E-state index >= 15 is 0 Å². The molecule has 0 saturated heterocycles. The Morgan fingerprint density at radius 1 is 1.00 bits per heavy atom. The van der Waals surface area contributed by atoms with Gasteiger partial charge in [0.1, 0.15) is 0 Å². The zero-order valence-corrected chi connectivity index (χ0v) is 4.83. The molecule has 0 aliphatic heterocycles. The molecule has 0 aliphatic carbocycles. The summed E-state index contributed by atoms with van der Waals surface area (Å²) in [5, 5.41) is 0. The molecule has 0 atom stereocenters. The second-order valence-corrected chi connectivity index (χ2v) is 1.30. The Morgan fingerprint density at radius 3 is 1.70 bits per heavy atom. The van der Waals surface area contributed by atoms with Gasteiger partial charge in [-0.15, -0.1) is 0 Å². The Balaban J connectivity index is 0. The molecular formula is C5H10N2O2Si. The molecule has 0 spiro atoms. The van der Waals surface area contributed by atoms with E-state index in [2.05, 4.69) is 9.98 Å². The lowest BCUT2D eigenvalue weighted by atomic mass is 10.4. The number of nitrogens with zero attached hydrogens (tertiary/aromatic N) is 2. The second kappa shape index (κ2) is 10.9. The highest BCUT2D eigenvalue weighted by Gasteiger charge is 1.79. The molecular weight excluding hydrogens is 148 g/mol. The highest BCUT2D eigenvalue weighted by Crippen LogP contribution is 1.78. The van der Waals surface area contributed by atoms with Gasteiger partial charge in [0.15, 0.2) is 0 Å². The zero-order valence-electron chi connectivity index (χ0n) is 4.83. The largest absolute Gasteiger partial charge is 0.234 e. The van der Waals surface area contributed by atoms with Gasteiger partial charge in [-0.3, -0.25) is 0 Å². The van der Waals surface area contributed by atoms with E-state index in [1.807, 2.05) is 0 Å². The van der Waals surface area contributed by atoms with Gasteiger partial charge in [0.2, 0.25) is 12.2 Å². The zero-order chi connectivity index (χ0) is 6.95. The minimum absolute atomic E-state index is 0. The van der Waals surface area contributed by atoms with Crippen LogP contribution in [0.4, 0.5) is 0 Å². The summed E-state index contributed by atoms with van der Waals surface area (Å²) in [5.41, 5.74) is 0. The van der Waals surface area contributed by atoms with Crippen molar-refractivity contribution in [3.63, 3.8) is 0 Å². The molecule has 0 radical (unpaired) electrons. The molecule has 4 nitrogen and oxygen atoms in total. The van der Waals surface area contributed by atoms with Gasteiger partial charge < -0.3 is 0 Å². The Bertz CT molecular complexity index is 141. The molecule has 0 aromatic heterocycles. The van der Waals surface area contributed by atoms with Crippen LogP contribution >= 0.6 is 0 Å². The SMILES string of the molecule is O=C=NCCCN=C=O.[SiH4]. The van der Waals surface area contributed by atoms with Crippen molar-refractivity contribution in [3.8, 4) is 0 Å². The van der Waals surface area contributed by atoms with Crippen LogP contribution in [-0.2, 0) is 9.59 Å². The number of hydrogen-bond acceptors (Lipinski definition) is 4. The molecule has 0 N–H and O–H groups in total. The number of isocyanates is 2. The van der Waals surface area contributed by atoms with E-state index in [0.29, 0.717) is 19.5 Å². The average molecular weight is 158 g/mol. The molecule has 0 aliphatic rings. The molecule has 0 fully saturated rings. The summed E-state index contributed by atoms with van der Waals surface area (Å²) in [6, 6.07) is 0. The van der Waals surface area contributed by atoms with Crippen LogP contribution in [0.3, 0.4) is 0 Å². The molecule has 0 saturated carbocycles. The maximum absolute atomic E-state index is 9.44. The highest BCUT2D eigenvalue weighted by atomic mass is 28.1. The van der Waals surface area contributed by atoms with Crippen LogP contribution in [0, 0.1) is 0 Å². The summed E-state index contributed by atoms with van der Waals surface area (Å²) in [6.07, 6.45) is 3.36. The Labute approximate surface area is 63.1 Å². The van der Waals surface area contributed by atoms with Crippen molar-refractivity contribution in [1.29, 1.82) is 0 Å². The molecule has 0 heterocycles. The third-order valence-electron chi connectivity index (χ3n) is 0.669. The first-order valence-electron chi connectivity index (χ1n) is 2.49. The van der Waals surface area contributed by atoms with E-state index in [4.69, 9.17) is 0 Å². The van der Waals surface area contributed by atoms with Crippen molar-refractivity contribution in [1.82, 2.24) is 0 Å². The molecule has 56 valence electrons. The Morgan fingerprint density at radius 2 is 1.40 bits per heavy atom. The van der Waals surface area contributed by atoms with Gasteiger partial charge in [0, 0.05) is 0 Å². The lowest BCUT2D eigenvalue weighted by molar-refractivity contribution is 0.561. The van der Waals surface area contributed by atoms with Gasteiger partial charge in [-0.05, 0) is 17.4 Å². The monoisotopic (exact) mass is 158 g/mol. The van der Waals surface area contributed by atoms with E-state index in [1.165, 1.54) is 12.2 Å². The fourth-order valence-corrected chi connectivity index (χ4v) is 0.320. The quantitative estimate of drug-likeness (QED) is 0.218. The average Bonchev–Trinajstić information content (AvgIpc) is 1.89. The molecule has 10 heavy (non-hydrogen) atoms. The van der Waals surface area contributed by atoms with E-state index < -0.39 is 0 Å². The minimum Gasteiger partial charge on any atom is -0.211 e.